The molecule has 1 heterocycles. The number of rotatable bonds is 5. The normalized spacial score (nSPS) is 22.2. The van der Waals surface area contributed by atoms with Gasteiger partial charge in [-0.15, -0.1) is 0 Å². The van der Waals surface area contributed by atoms with Crippen LogP contribution in [0.15, 0.2) is 17.2 Å². The van der Waals surface area contributed by atoms with Gasteiger partial charge in [-0.25, -0.2) is 13.1 Å². The fourth-order valence-electron chi connectivity index (χ4n) is 2.69. The molecule has 0 unspecified atom stereocenters. The molecule has 0 atom stereocenters. The van der Waals surface area contributed by atoms with Crippen LogP contribution in [0.5, 0.6) is 0 Å². The van der Waals surface area contributed by atoms with E-state index in [0.717, 1.165) is 37.8 Å². The van der Waals surface area contributed by atoms with Crippen molar-refractivity contribution in [2.24, 2.45) is 5.73 Å². The maximum absolute atomic E-state index is 12.4. The number of aromatic nitrogens is 1. The first-order valence-electron chi connectivity index (χ1n) is 6.88. The van der Waals surface area contributed by atoms with Crippen molar-refractivity contribution in [3.05, 3.63) is 18.0 Å². The molecule has 19 heavy (non-hydrogen) atoms. The SMILES string of the molecule is CC1(NS(=O)(=O)c2cc(CN)n(C3CC3)c2)CCC1. The van der Waals surface area contributed by atoms with E-state index in [2.05, 4.69) is 4.72 Å². The van der Waals surface area contributed by atoms with Gasteiger partial charge in [0.1, 0.15) is 0 Å². The lowest BCUT2D eigenvalue weighted by molar-refractivity contribution is 0.248. The Bertz CT molecular complexity index is 583. The van der Waals surface area contributed by atoms with Crippen LogP contribution in [0.2, 0.25) is 0 Å². The van der Waals surface area contributed by atoms with E-state index in [0.29, 0.717) is 17.5 Å². The van der Waals surface area contributed by atoms with Crippen molar-refractivity contribution in [2.45, 2.75) is 62.0 Å². The van der Waals surface area contributed by atoms with Gasteiger partial charge in [-0.3, -0.25) is 0 Å². The van der Waals surface area contributed by atoms with Crippen molar-refractivity contribution < 1.29 is 8.42 Å². The zero-order valence-electron chi connectivity index (χ0n) is 11.2. The molecule has 1 aromatic rings. The topological polar surface area (TPSA) is 77.1 Å². The molecule has 3 N–H and O–H groups in total. The van der Waals surface area contributed by atoms with E-state index in [9.17, 15) is 8.42 Å². The van der Waals surface area contributed by atoms with Gasteiger partial charge in [-0.2, -0.15) is 0 Å². The van der Waals surface area contributed by atoms with Gasteiger partial charge in [0.15, 0.2) is 0 Å². The standard InChI is InChI=1S/C13H21N3O2S/c1-13(5-2-6-13)15-19(17,18)12-7-11(8-14)16(9-12)10-3-4-10/h7,9-10,15H,2-6,8,14H2,1H3. The molecule has 2 aliphatic rings. The predicted molar refractivity (Wildman–Crippen MR) is 73.2 cm³/mol. The van der Waals surface area contributed by atoms with E-state index in [1.807, 2.05) is 11.5 Å². The lowest BCUT2D eigenvalue weighted by Crippen LogP contribution is -2.50. The highest BCUT2D eigenvalue weighted by atomic mass is 32.2. The number of nitrogens with zero attached hydrogens (tertiary/aromatic N) is 1. The summed E-state index contributed by atoms with van der Waals surface area (Å²) >= 11 is 0. The Labute approximate surface area is 114 Å². The lowest BCUT2D eigenvalue weighted by Gasteiger charge is -2.38. The Morgan fingerprint density at radius 3 is 2.63 bits per heavy atom. The summed E-state index contributed by atoms with van der Waals surface area (Å²) in [7, 11) is -3.42. The molecule has 2 saturated carbocycles. The molecule has 106 valence electrons. The minimum absolute atomic E-state index is 0.261. The van der Waals surface area contributed by atoms with Crippen LogP contribution in [0.4, 0.5) is 0 Å². The van der Waals surface area contributed by atoms with Gasteiger partial charge in [0.05, 0.1) is 4.90 Å². The highest BCUT2D eigenvalue weighted by Gasteiger charge is 2.37. The number of hydrogen-bond donors (Lipinski definition) is 2. The molecule has 1 aromatic heterocycles. The van der Waals surface area contributed by atoms with E-state index in [1.165, 1.54) is 0 Å². The molecule has 0 amide bonds. The van der Waals surface area contributed by atoms with Crippen molar-refractivity contribution in [3.63, 3.8) is 0 Å². The first kappa shape index (κ1) is 13.1. The molecule has 0 bridgehead atoms. The van der Waals surface area contributed by atoms with Crippen LogP contribution in [0.3, 0.4) is 0 Å². The fourth-order valence-corrected chi connectivity index (χ4v) is 4.21. The van der Waals surface area contributed by atoms with Crippen LogP contribution in [-0.4, -0.2) is 18.5 Å². The second-order valence-electron chi connectivity index (χ2n) is 6.03. The Hall–Kier alpha value is -0.850. The summed E-state index contributed by atoms with van der Waals surface area (Å²) in [5.41, 5.74) is 6.35. The van der Waals surface area contributed by atoms with Crippen LogP contribution in [-0.2, 0) is 16.6 Å². The summed E-state index contributed by atoms with van der Waals surface area (Å²) in [6, 6.07) is 2.16. The van der Waals surface area contributed by atoms with Crippen molar-refractivity contribution in [1.82, 2.24) is 9.29 Å². The van der Waals surface area contributed by atoms with Gasteiger partial charge in [-0.1, -0.05) is 0 Å². The van der Waals surface area contributed by atoms with E-state index in [4.69, 9.17) is 5.73 Å². The Kier molecular flexibility index (Phi) is 2.99. The van der Waals surface area contributed by atoms with Crippen molar-refractivity contribution >= 4 is 10.0 Å². The summed E-state index contributed by atoms with van der Waals surface area (Å²) in [5, 5.41) is 0. The summed E-state index contributed by atoms with van der Waals surface area (Å²) in [6.45, 7) is 2.35. The molecular formula is C13H21N3O2S. The number of hydrogen-bond acceptors (Lipinski definition) is 3. The number of sulfonamides is 1. The third-order valence-corrected chi connectivity index (χ3v) is 5.81. The third-order valence-electron chi connectivity index (χ3n) is 4.20. The van der Waals surface area contributed by atoms with Crippen LogP contribution >= 0.6 is 0 Å². The minimum atomic E-state index is -3.42. The summed E-state index contributed by atoms with van der Waals surface area (Å²) in [4.78, 5) is 0.355. The van der Waals surface area contributed by atoms with Gasteiger partial charge in [-0.05, 0) is 45.1 Å². The smallest absolute Gasteiger partial charge is 0.242 e. The maximum atomic E-state index is 12.4. The average Bonchev–Trinajstić information content (AvgIpc) is 3.05. The van der Waals surface area contributed by atoms with Crippen LogP contribution in [0.25, 0.3) is 0 Å². The molecule has 0 saturated heterocycles. The number of nitrogens with one attached hydrogen (secondary N) is 1. The molecule has 2 fully saturated rings. The molecule has 5 nitrogen and oxygen atoms in total. The van der Waals surface area contributed by atoms with Gasteiger partial charge in [0.2, 0.25) is 10.0 Å². The van der Waals surface area contributed by atoms with E-state index < -0.39 is 10.0 Å². The average molecular weight is 283 g/mol. The van der Waals surface area contributed by atoms with Gasteiger partial charge < -0.3 is 10.3 Å². The third kappa shape index (κ3) is 2.44. The highest BCUT2D eigenvalue weighted by molar-refractivity contribution is 7.89. The Balaban J connectivity index is 1.88. The largest absolute Gasteiger partial charge is 0.346 e. The Morgan fingerprint density at radius 2 is 2.16 bits per heavy atom. The molecule has 0 radical (unpaired) electrons. The monoisotopic (exact) mass is 283 g/mol. The molecule has 0 aromatic carbocycles. The van der Waals surface area contributed by atoms with Crippen molar-refractivity contribution in [1.29, 1.82) is 0 Å². The van der Waals surface area contributed by atoms with Crippen molar-refractivity contribution in [3.8, 4) is 0 Å². The fraction of sp³-hybridized carbons (Fsp3) is 0.692. The van der Waals surface area contributed by atoms with E-state index in [-0.39, 0.29) is 5.54 Å². The van der Waals surface area contributed by atoms with Gasteiger partial charge in [0, 0.05) is 30.0 Å². The van der Waals surface area contributed by atoms with Crippen molar-refractivity contribution in [2.75, 3.05) is 0 Å². The molecule has 6 heteroatoms. The van der Waals surface area contributed by atoms with E-state index in [1.54, 1.807) is 12.3 Å². The van der Waals surface area contributed by atoms with Crippen LogP contribution < -0.4 is 10.5 Å². The predicted octanol–water partition coefficient (Wildman–Crippen LogP) is 1.50. The highest BCUT2D eigenvalue weighted by Crippen LogP contribution is 2.38. The maximum Gasteiger partial charge on any atom is 0.242 e. The number of nitrogens with two attached hydrogens (primary N) is 1. The quantitative estimate of drug-likeness (QED) is 0.859. The van der Waals surface area contributed by atoms with Crippen LogP contribution in [0, 0.1) is 0 Å². The zero-order chi connectivity index (χ0) is 13.7. The first-order chi connectivity index (χ1) is 8.93. The second kappa shape index (κ2) is 4.33. The molecule has 0 spiro atoms. The summed E-state index contributed by atoms with van der Waals surface area (Å²) in [5.74, 6) is 0. The Morgan fingerprint density at radius 1 is 1.47 bits per heavy atom. The van der Waals surface area contributed by atoms with Gasteiger partial charge >= 0.3 is 0 Å². The summed E-state index contributed by atoms with van der Waals surface area (Å²) < 4.78 is 29.7. The molecule has 3 rings (SSSR count). The van der Waals surface area contributed by atoms with Crippen LogP contribution in [0.1, 0.15) is 50.8 Å². The first-order valence-corrected chi connectivity index (χ1v) is 8.37. The van der Waals surface area contributed by atoms with Gasteiger partial charge in [0.25, 0.3) is 0 Å². The minimum Gasteiger partial charge on any atom is -0.346 e. The molecule has 2 aliphatic carbocycles. The molecule has 0 aliphatic heterocycles. The summed E-state index contributed by atoms with van der Waals surface area (Å²) in [6.07, 6.45) is 6.90. The second-order valence-corrected chi connectivity index (χ2v) is 7.71. The lowest BCUT2D eigenvalue weighted by atomic mass is 9.80. The zero-order valence-corrected chi connectivity index (χ0v) is 12.0. The van der Waals surface area contributed by atoms with E-state index >= 15 is 0 Å². The molecular weight excluding hydrogens is 262 g/mol.